The smallest absolute Gasteiger partial charge is 0.359 e. The van der Waals surface area contributed by atoms with E-state index in [4.69, 9.17) is 9.47 Å². The second-order valence-corrected chi connectivity index (χ2v) is 9.87. The first-order chi connectivity index (χ1) is 17.0. The second kappa shape index (κ2) is 10.7. The van der Waals surface area contributed by atoms with Crippen LogP contribution in [0.15, 0.2) is 84.9 Å². The number of ether oxygens (including phenoxy) is 2. The Morgan fingerprint density at radius 3 is 1.64 bits per heavy atom. The molecule has 0 aliphatic carbocycles. The van der Waals surface area contributed by atoms with E-state index in [0.717, 1.165) is 16.7 Å². The maximum absolute atomic E-state index is 13.3. The highest BCUT2D eigenvalue weighted by Crippen LogP contribution is 2.33. The molecule has 1 atom stereocenters. The van der Waals surface area contributed by atoms with Gasteiger partial charge in [-0.05, 0) is 49.1 Å². The number of allylic oxidation sites excluding steroid dienone is 1. The number of methoxy groups -OCH3 is 1. The number of rotatable bonds is 7. The Bertz CT molecular complexity index is 1260. The fraction of sp³-hybridized carbons (Fsp3) is 0.258. The molecule has 3 aromatic carbocycles. The highest BCUT2D eigenvalue weighted by Gasteiger charge is 2.44. The van der Waals surface area contributed by atoms with Crippen LogP contribution in [-0.2, 0) is 25.3 Å². The average Bonchev–Trinajstić information content (AvgIpc) is 2.86. The van der Waals surface area contributed by atoms with Crippen LogP contribution >= 0.6 is 0 Å². The molecule has 5 nitrogen and oxygen atoms in total. The van der Waals surface area contributed by atoms with E-state index in [9.17, 15) is 14.4 Å². The number of hydrogen-bond donors (Lipinski definition) is 0. The van der Waals surface area contributed by atoms with Gasteiger partial charge in [-0.15, -0.1) is 0 Å². The van der Waals surface area contributed by atoms with Gasteiger partial charge in [0.15, 0.2) is 5.78 Å². The van der Waals surface area contributed by atoms with E-state index in [1.54, 1.807) is 48.5 Å². The third kappa shape index (κ3) is 5.98. The maximum atomic E-state index is 13.3. The highest BCUT2D eigenvalue weighted by molar-refractivity contribution is 6.05. The molecule has 0 saturated heterocycles. The van der Waals surface area contributed by atoms with Gasteiger partial charge in [0.2, 0.25) is 0 Å². The largest absolute Gasteiger partial charge is 0.466 e. The molecule has 0 heterocycles. The first-order valence-corrected chi connectivity index (χ1v) is 11.8. The summed E-state index contributed by atoms with van der Waals surface area (Å²) >= 11 is 0. The van der Waals surface area contributed by atoms with Gasteiger partial charge in [0.05, 0.1) is 12.7 Å². The van der Waals surface area contributed by atoms with Gasteiger partial charge >= 0.3 is 11.9 Å². The first-order valence-electron chi connectivity index (χ1n) is 11.8. The Morgan fingerprint density at radius 2 is 1.17 bits per heavy atom. The van der Waals surface area contributed by atoms with Crippen LogP contribution in [0.4, 0.5) is 0 Å². The molecule has 0 N–H and O–H groups in total. The first kappa shape index (κ1) is 26.6. The summed E-state index contributed by atoms with van der Waals surface area (Å²) in [4.78, 5) is 39.4. The minimum Gasteiger partial charge on any atom is -0.466 e. The maximum Gasteiger partial charge on any atom is 0.359 e. The van der Waals surface area contributed by atoms with Gasteiger partial charge in [-0.2, -0.15) is 0 Å². The number of benzene rings is 3. The summed E-state index contributed by atoms with van der Waals surface area (Å²) in [6.45, 7) is 10.1. The van der Waals surface area contributed by atoms with Crippen molar-refractivity contribution in [2.75, 3.05) is 7.11 Å². The minimum atomic E-state index is -1.96. The van der Waals surface area contributed by atoms with Crippen LogP contribution < -0.4 is 0 Å². The molecule has 0 saturated carbocycles. The van der Waals surface area contributed by atoms with Crippen molar-refractivity contribution in [1.82, 2.24) is 0 Å². The standard InChI is InChI=1S/C31H32O5/c1-21-7-11-23(12-8-21)27(32)19-20-31(29(34)35-6,26-17-15-25(16-18-26)30(3,4)5)36-28(33)24-13-9-22(2)10-14-24/h7-20H,1-6H3/b20-19+. The summed E-state index contributed by atoms with van der Waals surface area (Å²) in [5, 5.41) is 0. The van der Waals surface area contributed by atoms with E-state index < -0.39 is 17.5 Å². The summed E-state index contributed by atoms with van der Waals surface area (Å²) in [7, 11) is 1.22. The zero-order valence-electron chi connectivity index (χ0n) is 21.6. The van der Waals surface area contributed by atoms with Crippen LogP contribution in [0.2, 0.25) is 0 Å². The SMILES string of the molecule is COC(=O)C(/C=C/C(=O)c1ccc(C)cc1)(OC(=O)c1ccc(C)cc1)c1ccc(C(C)(C)C)cc1. The lowest BCUT2D eigenvalue weighted by Crippen LogP contribution is -2.40. The molecule has 5 heteroatoms. The van der Waals surface area contributed by atoms with Gasteiger partial charge in [-0.25, -0.2) is 9.59 Å². The van der Waals surface area contributed by atoms with E-state index in [-0.39, 0.29) is 16.8 Å². The third-order valence-corrected chi connectivity index (χ3v) is 6.01. The van der Waals surface area contributed by atoms with Crippen molar-refractivity contribution >= 4 is 17.7 Å². The molecular weight excluding hydrogens is 452 g/mol. The molecule has 0 aliphatic heterocycles. The Labute approximate surface area is 212 Å². The van der Waals surface area contributed by atoms with Crippen molar-refractivity contribution < 1.29 is 23.9 Å². The number of aryl methyl sites for hydroxylation is 2. The Hall–Kier alpha value is -3.99. The molecule has 0 radical (unpaired) electrons. The summed E-state index contributed by atoms with van der Waals surface area (Å²) in [5.74, 6) is -1.87. The molecule has 0 fully saturated rings. The zero-order chi connectivity index (χ0) is 26.5. The third-order valence-electron chi connectivity index (χ3n) is 6.01. The van der Waals surface area contributed by atoms with Gasteiger partial charge < -0.3 is 9.47 Å². The van der Waals surface area contributed by atoms with E-state index in [0.29, 0.717) is 11.1 Å². The predicted octanol–water partition coefficient (Wildman–Crippen LogP) is 6.27. The van der Waals surface area contributed by atoms with Crippen LogP contribution in [0, 0.1) is 13.8 Å². The van der Waals surface area contributed by atoms with E-state index >= 15 is 0 Å². The van der Waals surface area contributed by atoms with Gasteiger partial charge in [0.1, 0.15) is 0 Å². The topological polar surface area (TPSA) is 69.7 Å². The molecule has 36 heavy (non-hydrogen) atoms. The average molecular weight is 485 g/mol. The van der Waals surface area contributed by atoms with E-state index in [2.05, 4.69) is 20.8 Å². The van der Waals surface area contributed by atoms with Gasteiger partial charge in [0, 0.05) is 11.1 Å². The quantitative estimate of drug-likeness (QED) is 0.225. The van der Waals surface area contributed by atoms with Crippen LogP contribution in [0.3, 0.4) is 0 Å². The van der Waals surface area contributed by atoms with Crippen LogP contribution in [-0.4, -0.2) is 24.8 Å². The van der Waals surface area contributed by atoms with Crippen molar-refractivity contribution in [2.45, 2.75) is 45.6 Å². The number of ketones is 1. The van der Waals surface area contributed by atoms with E-state index in [1.807, 2.05) is 38.1 Å². The minimum absolute atomic E-state index is 0.123. The molecule has 3 aromatic rings. The van der Waals surface area contributed by atoms with Crippen molar-refractivity contribution in [3.8, 4) is 0 Å². The van der Waals surface area contributed by atoms with Crippen molar-refractivity contribution in [1.29, 1.82) is 0 Å². The summed E-state index contributed by atoms with van der Waals surface area (Å²) < 4.78 is 11.0. The zero-order valence-corrected chi connectivity index (χ0v) is 21.6. The Morgan fingerprint density at radius 1 is 0.694 bits per heavy atom. The van der Waals surface area contributed by atoms with Gasteiger partial charge in [0.25, 0.3) is 5.60 Å². The predicted molar refractivity (Wildman–Crippen MR) is 140 cm³/mol. The van der Waals surface area contributed by atoms with Gasteiger partial charge in [-0.1, -0.05) is 92.6 Å². The van der Waals surface area contributed by atoms with Crippen molar-refractivity contribution in [3.05, 3.63) is 118 Å². The number of carbonyl (C=O) groups excluding carboxylic acids is 3. The second-order valence-electron chi connectivity index (χ2n) is 9.87. The lowest BCUT2D eigenvalue weighted by atomic mass is 9.84. The number of carbonyl (C=O) groups is 3. The highest BCUT2D eigenvalue weighted by atomic mass is 16.6. The normalized spacial score (nSPS) is 13.2. The van der Waals surface area contributed by atoms with Crippen LogP contribution in [0.25, 0.3) is 0 Å². The summed E-state index contributed by atoms with van der Waals surface area (Å²) in [6, 6.07) is 21.1. The fourth-order valence-corrected chi connectivity index (χ4v) is 3.69. The summed E-state index contributed by atoms with van der Waals surface area (Å²) in [6.07, 6.45) is 2.56. The molecule has 0 bridgehead atoms. The van der Waals surface area contributed by atoms with Crippen LogP contribution in [0.1, 0.15) is 63.7 Å². The molecule has 0 spiro atoms. The Kier molecular flexibility index (Phi) is 7.93. The molecule has 186 valence electrons. The molecule has 0 aromatic heterocycles. The summed E-state index contributed by atoms with van der Waals surface area (Å²) in [5.41, 5.74) is 2.04. The number of esters is 2. The molecule has 3 rings (SSSR count). The Balaban J connectivity index is 2.11. The molecular formula is C31H32O5. The lowest BCUT2D eigenvalue weighted by molar-refractivity contribution is -0.159. The van der Waals surface area contributed by atoms with Crippen molar-refractivity contribution in [3.63, 3.8) is 0 Å². The lowest BCUT2D eigenvalue weighted by Gasteiger charge is -2.29. The molecule has 1 unspecified atom stereocenters. The van der Waals surface area contributed by atoms with Gasteiger partial charge in [-0.3, -0.25) is 4.79 Å². The van der Waals surface area contributed by atoms with E-state index in [1.165, 1.54) is 19.3 Å². The number of hydrogen-bond acceptors (Lipinski definition) is 5. The van der Waals surface area contributed by atoms with Crippen LogP contribution in [0.5, 0.6) is 0 Å². The fourth-order valence-electron chi connectivity index (χ4n) is 3.69. The monoisotopic (exact) mass is 484 g/mol. The van der Waals surface area contributed by atoms with Crippen molar-refractivity contribution in [2.24, 2.45) is 0 Å². The molecule has 0 aliphatic rings. The molecule has 0 amide bonds.